The first kappa shape index (κ1) is 9.12. The van der Waals surface area contributed by atoms with E-state index in [1.165, 1.54) is 23.4 Å². The molecule has 3 rings (SSSR count). The lowest BCUT2D eigenvalue weighted by Gasteiger charge is -1.98. The van der Waals surface area contributed by atoms with E-state index in [0.29, 0.717) is 0 Å². The molecule has 1 fully saturated rings. The van der Waals surface area contributed by atoms with E-state index in [9.17, 15) is 0 Å². The van der Waals surface area contributed by atoms with Gasteiger partial charge >= 0.3 is 0 Å². The van der Waals surface area contributed by atoms with Gasteiger partial charge < -0.3 is 9.88 Å². The van der Waals surface area contributed by atoms with Gasteiger partial charge in [0.05, 0.1) is 12.0 Å². The lowest BCUT2D eigenvalue weighted by atomic mass is 10.4. The summed E-state index contributed by atoms with van der Waals surface area (Å²) in [6.07, 6.45) is 8.31. The second kappa shape index (κ2) is 3.79. The van der Waals surface area contributed by atoms with Gasteiger partial charge in [-0.15, -0.1) is 11.3 Å². The van der Waals surface area contributed by atoms with Crippen LogP contribution < -0.4 is 5.32 Å². The highest BCUT2D eigenvalue weighted by Crippen LogP contribution is 2.22. The molecule has 0 unspecified atom stereocenters. The summed E-state index contributed by atoms with van der Waals surface area (Å²) in [6.45, 7) is 1.00. The molecule has 4 heteroatoms. The summed E-state index contributed by atoms with van der Waals surface area (Å²) in [5.41, 5.74) is 1.21. The number of thiophene rings is 1. The minimum absolute atomic E-state index is 0.781. The van der Waals surface area contributed by atoms with Gasteiger partial charge in [-0.25, -0.2) is 4.98 Å². The molecule has 2 aromatic heterocycles. The van der Waals surface area contributed by atoms with Crippen molar-refractivity contribution in [2.75, 3.05) is 0 Å². The minimum atomic E-state index is 0.781. The molecule has 1 aliphatic rings. The van der Waals surface area contributed by atoms with E-state index in [-0.39, 0.29) is 0 Å². The number of hydrogen-bond donors (Lipinski definition) is 1. The Morgan fingerprint density at radius 2 is 2.47 bits per heavy atom. The Bertz CT molecular complexity index is 428. The normalized spacial score (nSPS) is 15.7. The van der Waals surface area contributed by atoms with Crippen LogP contribution in [0.5, 0.6) is 0 Å². The molecule has 0 saturated heterocycles. The molecule has 0 radical (unpaired) electrons. The van der Waals surface area contributed by atoms with Crippen molar-refractivity contribution in [3.63, 3.8) is 0 Å². The Balaban J connectivity index is 1.69. The van der Waals surface area contributed by atoms with Gasteiger partial charge in [-0.1, -0.05) is 0 Å². The summed E-state index contributed by atoms with van der Waals surface area (Å²) in [4.78, 5) is 5.44. The van der Waals surface area contributed by atoms with E-state index in [2.05, 4.69) is 21.7 Å². The number of imidazole rings is 1. The van der Waals surface area contributed by atoms with Crippen molar-refractivity contribution in [1.82, 2.24) is 14.9 Å². The number of rotatable bonds is 4. The fourth-order valence-electron chi connectivity index (χ4n) is 1.54. The third-order valence-corrected chi connectivity index (χ3v) is 3.51. The van der Waals surface area contributed by atoms with Crippen molar-refractivity contribution in [3.8, 4) is 5.69 Å². The molecular formula is C11H13N3S. The Kier molecular flexibility index (Phi) is 2.31. The molecule has 0 aromatic carbocycles. The highest BCUT2D eigenvalue weighted by atomic mass is 32.1. The van der Waals surface area contributed by atoms with Gasteiger partial charge in [0, 0.05) is 35.2 Å². The van der Waals surface area contributed by atoms with Crippen LogP contribution in [0.4, 0.5) is 0 Å². The summed E-state index contributed by atoms with van der Waals surface area (Å²) < 4.78 is 2.04. The third kappa shape index (κ3) is 2.11. The van der Waals surface area contributed by atoms with Crippen LogP contribution in [0, 0.1) is 0 Å². The first-order chi connectivity index (χ1) is 7.42. The first-order valence-electron chi connectivity index (χ1n) is 5.21. The molecule has 1 aliphatic carbocycles. The number of hydrogen-bond acceptors (Lipinski definition) is 3. The Hall–Kier alpha value is -1.13. The van der Waals surface area contributed by atoms with Crippen LogP contribution in [-0.4, -0.2) is 15.6 Å². The zero-order valence-electron chi connectivity index (χ0n) is 8.39. The van der Waals surface area contributed by atoms with Crippen LogP contribution in [0.2, 0.25) is 0 Å². The maximum Gasteiger partial charge on any atom is 0.0991 e. The molecule has 1 saturated carbocycles. The number of aromatic nitrogens is 2. The largest absolute Gasteiger partial charge is 0.309 e. The van der Waals surface area contributed by atoms with Crippen molar-refractivity contribution >= 4 is 11.3 Å². The Morgan fingerprint density at radius 3 is 3.20 bits per heavy atom. The van der Waals surface area contributed by atoms with Gasteiger partial charge in [-0.05, 0) is 18.9 Å². The summed E-state index contributed by atoms with van der Waals surface area (Å²) in [5.74, 6) is 0. The van der Waals surface area contributed by atoms with Gasteiger partial charge in [0.2, 0.25) is 0 Å². The fourth-order valence-corrected chi connectivity index (χ4v) is 2.36. The standard InChI is InChI=1S/C11H13N3S/c1-2-9(1)13-6-11-5-10(7-15-11)14-4-3-12-8-14/h3-5,7-9,13H,1-2,6H2. The topological polar surface area (TPSA) is 29.9 Å². The quantitative estimate of drug-likeness (QED) is 0.854. The van der Waals surface area contributed by atoms with E-state index in [4.69, 9.17) is 0 Å². The van der Waals surface area contributed by atoms with Crippen molar-refractivity contribution in [3.05, 3.63) is 35.0 Å². The first-order valence-corrected chi connectivity index (χ1v) is 6.09. The SMILES string of the molecule is c1cn(-c2csc(CNC3CC3)c2)cn1. The van der Waals surface area contributed by atoms with Gasteiger partial charge in [0.25, 0.3) is 0 Å². The van der Waals surface area contributed by atoms with Gasteiger partial charge in [0.15, 0.2) is 0 Å². The summed E-state index contributed by atoms with van der Waals surface area (Å²) >= 11 is 1.81. The molecule has 2 aromatic rings. The Labute approximate surface area is 92.8 Å². The maximum atomic E-state index is 4.04. The van der Waals surface area contributed by atoms with Gasteiger partial charge in [0.1, 0.15) is 0 Å². The van der Waals surface area contributed by atoms with Crippen LogP contribution in [0.15, 0.2) is 30.2 Å². The molecule has 2 heterocycles. The zero-order valence-corrected chi connectivity index (χ0v) is 9.20. The van der Waals surface area contributed by atoms with Crippen LogP contribution in [0.3, 0.4) is 0 Å². The second-order valence-electron chi connectivity index (χ2n) is 3.90. The van der Waals surface area contributed by atoms with Crippen LogP contribution >= 0.6 is 11.3 Å². The summed E-state index contributed by atoms with van der Waals surface area (Å²) in [6, 6.07) is 3.01. The van der Waals surface area contributed by atoms with Gasteiger partial charge in [-0.3, -0.25) is 0 Å². The lowest BCUT2D eigenvalue weighted by Crippen LogP contribution is -2.14. The monoisotopic (exact) mass is 219 g/mol. The van der Waals surface area contributed by atoms with E-state index < -0.39 is 0 Å². The molecular weight excluding hydrogens is 206 g/mol. The average Bonchev–Trinajstić information content (AvgIpc) is 2.78. The predicted molar refractivity (Wildman–Crippen MR) is 61.3 cm³/mol. The number of nitrogens with one attached hydrogen (secondary N) is 1. The molecule has 0 aliphatic heterocycles. The molecule has 1 N–H and O–H groups in total. The van der Waals surface area contributed by atoms with Crippen LogP contribution in [-0.2, 0) is 6.54 Å². The van der Waals surface area contributed by atoms with E-state index in [0.717, 1.165) is 12.6 Å². The molecule has 0 bridgehead atoms. The Morgan fingerprint density at radius 1 is 1.53 bits per heavy atom. The summed E-state index contributed by atoms with van der Waals surface area (Å²) in [7, 11) is 0. The molecule has 0 spiro atoms. The number of nitrogens with zero attached hydrogens (tertiary/aromatic N) is 2. The van der Waals surface area contributed by atoms with Gasteiger partial charge in [-0.2, -0.15) is 0 Å². The molecule has 0 atom stereocenters. The second-order valence-corrected chi connectivity index (χ2v) is 4.89. The highest BCUT2D eigenvalue weighted by molar-refractivity contribution is 7.10. The smallest absolute Gasteiger partial charge is 0.0991 e. The van der Waals surface area contributed by atoms with Crippen LogP contribution in [0.25, 0.3) is 5.69 Å². The third-order valence-electron chi connectivity index (χ3n) is 2.58. The molecule has 3 nitrogen and oxygen atoms in total. The molecule has 0 amide bonds. The van der Waals surface area contributed by atoms with Crippen molar-refractivity contribution < 1.29 is 0 Å². The minimum Gasteiger partial charge on any atom is -0.309 e. The predicted octanol–water partition coefficient (Wildman–Crippen LogP) is 2.19. The maximum absolute atomic E-state index is 4.04. The van der Waals surface area contributed by atoms with Crippen molar-refractivity contribution in [2.24, 2.45) is 0 Å². The fraction of sp³-hybridized carbons (Fsp3) is 0.364. The van der Waals surface area contributed by atoms with E-state index in [1.54, 1.807) is 17.5 Å². The van der Waals surface area contributed by atoms with E-state index in [1.807, 2.05) is 17.1 Å². The highest BCUT2D eigenvalue weighted by Gasteiger charge is 2.20. The lowest BCUT2D eigenvalue weighted by molar-refractivity contribution is 0.695. The molecule has 78 valence electrons. The van der Waals surface area contributed by atoms with E-state index >= 15 is 0 Å². The average molecular weight is 219 g/mol. The van der Waals surface area contributed by atoms with Crippen molar-refractivity contribution in [1.29, 1.82) is 0 Å². The zero-order chi connectivity index (χ0) is 10.1. The van der Waals surface area contributed by atoms with Crippen molar-refractivity contribution in [2.45, 2.75) is 25.4 Å². The van der Waals surface area contributed by atoms with Crippen LogP contribution in [0.1, 0.15) is 17.7 Å². The molecule has 15 heavy (non-hydrogen) atoms. The summed E-state index contributed by atoms with van der Waals surface area (Å²) in [5, 5.41) is 5.69.